The summed E-state index contributed by atoms with van der Waals surface area (Å²) in [6.07, 6.45) is 4.15. The maximum Gasteiger partial charge on any atom is 0.335 e. The molecule has 11 nitrogen and oxygen atoms in total. The third-order valence-electron chi connectivity index (χ3n) is 6.67. The minimum absolute atomic E-state index is 0.00408. The minimum Gasteiger partial charge on any atom is -0.481 e. The highest BCUT2D eigenvalue weighted by Crippen LogP contribution is 2.39. The lowest BCUT2D eigenvalue weighted by Gasteiger charge is -2.37. The molecule has 206 valence electrons. The van der Waals surface area contributed by atoms with Gasteiger partial charge in [0.1, 0.15) is 23.5 Å². The predicted octanol–water partition coefficient (Wildman–Crippen LogP) is 3.03. The van der Waals surface area contributed by atoms with Gasteiger partial charge in [0.05, 0.1) is 23.2 Å². The summed E-state index contributed by atoms with van der Waals surface area (Å²) in [4.78, 5) is 35.1. The second-order valence-corrected chi connectivity index (χ2v) is 11.5. The Balaban J connectivity index is 1.45. The first-order chi connectivity index (χ1) is 18.5. The number of hydrogen-bond acceptors (Lipinski definition) is 7. The summed E-state index contributed by atoms with van der Waals surface area (Å²) in [7, 11) is -3.56. The Morgan fingerprint density at radius 1 is 1.18 bits per heavy atom. The van der Waals surface area contributed by atoms with Crippen molar-refractivity contribution in [2.75, 3.05) is 24.1 Å². The summed E-state index contributed by atoms with van der Waals surface area (Å²) in [5.41, 5.74) is 1.49. The quantitative estimate of drug-likeness (QED) is 0.408. The number of carbonyl (C=O) groups excluding carboxylic acids is 1. The number of nitrogens with one attached hydrogen (secondary N) is 1. The van der Waals surface area contributed by atoms with Crippen LogP contribution in [0.4, 0.5) is 10.2 Å². The highest BCUT2D eigenvalue weighted by Gasteiger charge is 2.38. The number of pyridine rings is 1. The summed E-state index contributed by atoms with van der Waals surface area (Å²) in [5, 5.41) is 9.15. The van der Waals surface area contributed by atoms with Gasteiger partial charge in [0.2, 0.25) is 10.0 Å². The fourth-order valence-electron chi connectivity index (χ4n) is 5.02. The van der Waals surface area contributed by atoms with Gasteiger partial charge in [-0.3, -0.25) is 9.52 Å². The number of carboxylic acid groups (broad SMARTS) is 1. The summed E-state index contributed by atoms with van der Waals surface area (Å²) >= 11 is 6.14. The monoisotopic (exact) mass is 577 g/mol. The van der Waals surface area contributed by atoms with Gasteiger partial charge in [0.15, 0.2) is 17.5 Å². The van der Waals surface area contributed by atoms with Crippen LogP contribution in [0.2, 0.25) is 5.15 Å². The maximum atomic E-state index is 15.4. The molecule has 1 atom stereocenters. The second kappa shape index (κ2) is 10.5. The molecule has 1 unspecified atom stereocenters. The van der Waals surface area contributed by atoms with Gasteiger partial charge in [0, 0.05) is 31.5 Å². The predicted molar refractivity (Wildman–Crippen MR) is 139 cm³/mol. The lowest BCUT2D eigenvalue weighted by molar-refractivity contribution is -0.135. The van der Waals surface area contributed by atoms with Crippen LogP contribution < -0.4 is 9.46 Å². The van der Waals surface area contributed by atoms with Crippen LogP contribution in [0.5, 0.6) is 5.75 Å². The Morgan fingerprint density at radius 3 is 2.67 bits per heavy atom. The Labute approximate surface area is 228 Å². The first-order valence-corrected chi connectivity index (χ1v) is 14.5. The number of amides is 1. The van der Waals surface area contributed by atoms with E-state index in [1.165, 1.54) is 29.2 Å². The van der Waals surface area contributed by atoms with Gasteiger partial charge in [0.25, 0.3) is 5.91 Å². The van der Waals surface area contributed by atoms with Crippen LogP contribution in [0, 0.1) is 5.82 Å². The molecule has 0 fully saturated rings. The Hall–Kier alpha value is -3.71. The van der Waals surface area contributed by atoms with Crippen molar-refractivity contribution >= 4 is 39.3 Å². The standard InChI is InChI=1S/C25H25ClFN5O6S/c1-39(36,37)30-19-8-7-18(24(26)29-19)38-13-21(33)32-11-9-17-23(31-10-3-2-4-20(31)28-17)22(32)15-6-5-14(25(34)35)12-16(15)27/h5-8,12,22H,2-4,9-11,13H2,1H3,(H,29,30)(H,34,35). The van der Waals surface area contributed by atoms with Crippen LogP contribution in [0.25, 0.3) is 0 Å². The number of fused-ring (bicyclic) bond motifs is 3. The van der Waals surface area contributed by atoms with Crippen molar-refractivity contribution < 1.29 is 32.2 Å². The van der Waals surface area contributed by atoms with E-state index in [9.17, 15) is 23.1 Å². The first-order valence-electron chi connectivity index (χ1n) is 12.2. The van der Waals surface area contributed by atoms with Gasteiger partial charge >= 0.3 is 5.97 Å². The summed E-state index contributed by atoms with van der Waals surface area (Å²) in [5.74, 6) is -1.49. The highest BCUT2D eigenvalue weighted by atomic mass is 35.5. The van der Waals surface area contributed by atoms with Gasteiger partial charge in [-0.05, 0) is 37.1 Å². The molecule has 0 radical (unpaired) electrons. The van der Waals surface area contributed by atoms with Crippen molar-refractivity contribution in [1.82, 2.24) is 19.4 Å². The average Bonchev–Trinajstić information content (AvgIpc) is 3.25. The lowest BCUT2D eigenvalue weighted by atomic mass is 9.93. The van der Waals surface area contributed by atoms with E-state index in [0.717, 1.165) is 48.8 Å². The topological polar surface area (TPSA) is 144 Å². The minimum atomic E-state index is -3.56. The number of aryl methyl sites for hydroxylation is 1. The fourth-order valence-corrected chi connectivity index (χ4v) is 5.72. The Kier molecular flexibility index (Phi) is 7.21. The summed E-state index contributed by atoms with van der Waals surface area (Å²) in [6, 6.07) is 5.58. The smallest absolute Gasteiger partial charge is 0.335 e. The molecule has 0 saturated carbocycles. The molecule has 3 aromatic rings. The number of nitrogens with zero attached hydrogens (tertiary/aromatic N) is 4. The van der Waals surface area contributed by atoms with Crippen LogP contribution in [0.3, 0.4) is 0 Å². The van der Waals surface area contributed by atoms with Gasteiger partial charge in [-0.15, -0.1) is 0 Å². The molecule has 0 spiro atoms. The molecule has 14 heteroatoms. The van der Waals surface area contributed by atoms with Crippen LogP contribution in [0.15, 0.2) is 30.3 Å². The summed E-state index contributed by atoms with van der Waals surface area (Å²) < 4.78 is 48.1. The molecule has 1 amide bonds. The zero-order chi connectivity index (χ0) is 27.9. The molecule has 39 heavy (non-hydrogen) atoms. The van der Waals surface area contributed by atoms with Crippen molar-refractivity contribution in [1.29, 1.82) is 0 Å². The van der Waals surface area contributed by atoms with Crippen molar-refractivity contribution in [2.45, 2.75) is 38.3 Å². The second-order valence-electron chi connectivity index (χ2n) is 9.40. The molecule has 5 rings (SSSR count). The number of benzene rings is 1. The van der Waals surface area contributed by atoms with Crippen molar-refractivity contribution in [3.05, 3.63) is 69.6 Å². The van der Waals surface area contributed by atoms with E-state index in [4.69, 9.17) is 21.3 Å². The number of hydrogen-bond donors (Lipinski definition) is 2. The molecule has 2 N–H and O–H groups in total. The van der Waals surface area contributed by atoms with Gasteiger partial charge in [-0.1, -0.05) is 17.7 Å². The van der Waals surface area contributed by atoms with E-state index in [-0.39, 0.29) is 34.4 Å². The van der Waals surface area contributed by atoms with Gasteiger partial charge in [-0.2, -0.15) is 0 Å². The van der Waals surface area contributed by atoms with E-state index in [1.807, 2.05) is 4.57 Å². The van der Waals surface area contributed by atoms with E-state index >= 15 is 4.39 Å². The number of anilines is 1. The molecule has 2 aromatic heterocycles. The number of aromatic nitrogens is 3. The maximum absolute atomic E-state index is 15.4. The van der Waals surface area contributed by atoms with E-state index in [2.05, 4.69) is 9.71 Å². The number of imidazole rings is 1. The van der Waals surface area contributed by atoms with E-state index < -0.39 is 40.4 Å². The number of carbonyl (C=O) groups is 2. The molecule has 0 saturated heterocycles. The van der Waals surface area contributed by atoms with Gasteiger partial charge < -0.3 is 19.3 Å². The third kappa shape index (κ3) is 5.55. The largest absolute Gasteiger partial charge is 0.481 e. The molecule has 4 heterocycles. The molecule has 2 aliphatic rings. The lowest BCUT2D eigenvalue weighted by Crippen LogP contribution is -2.44. The summed E-state index contributed by atoms with van der Waals surface area (Å²) in [6.45, 7) is 0.498. The highest BCUT2D eigenvalue weighted by molar-refractivity contribution is 7.92. The molecular weight excluding hydrogens is 553 g/mol. The number of halogens is 2. The third-order valence-corrected chi connectivity index (χ3v) is 7.52. The van der Waals surface area contributed by atoms with Crippen LogP contribution in [-0.2, 0) is 34.2 Å². The fraction of sp³-hybridized carbons (Fsp3) is 0.360. The number of aromatic carboxylic acids is 1. The zero-order valence-electron chi connectivity index (χ0n) is 20.9. The van der Waals surface area contributed by atoms with Crippen molar-refractivity contribution in [2.24, 2.45) is 0 Å². The van der Waals surface area contributed by atoms with Crippen molar-refractivity contribution in [3.63, 3.8) is 0 Å². The van der Waals surface area contributed by atoms with E-state index in [1.54, 1.807) is 0 Å². The SMILES string of the molecule is CS(=O)(=O)Nc1ccc(OCC(=O)N2CCc3nc4n(c3C2c2ccc(C(=O)O)cc2F)CCCC4)c(Cl)n1. The van der Waals surface area contributed by atoms with Crippen LogP contribution in [0.1, 0.15) is 52.0 Å². The number of rotatable bonds is 7. The molecule has 1 aromatic carbocycles. The normalized spacial score (nSPS) is 16.8. The average molecular weight is 578 g/mol. The number of carboxylic acids is 1. The van der Waals surface area contributed by atoms with Crippen LogP contribution >= 0.6 is 11.6 Å². The van der Waals surface area contributed by atoms with E-state index in [0.29, 0.717) is 13.0 Å². The van der Waals surface area contributed by atoms with Gasteiger partial charge in [-0.25, -0.2) is 27.6 Å². The van der Waals surface area contributed by atoms with Crippen molar-refractivity contribution in [3.8, 4) is 5.75 Å². The molecular formula is C25H25ClFN5O6S. The molecule has 2 aliphatic heterocycles. The van der Waals surface area contributed by atoms with Crippen LogP contribution in [-0.4, -0.2) is 64.2 Å². The molecule has 0 bridgehead atoms. The zero-order valence-corrected chi connectivity index (χ0v) is 22.4. The number of ether oxygens (including phenoxy) is 1. The molecule has 0 aliphatic carbocycles. The number of sulfonamides is 1. The first kappa shape index (κ1) is 26.9. The Bertz CT molecular complexity index is 1580. The Morgan fingerprint density at radius 2 is 1.97 bits per heavy atom.